The van der Waals surface area contributed by atoms with Gasteiger partial charge < -0.3 is 20.1 Å². The third kappa shape index (κ3) is 7.26. The number of carbonyl (C=O) groups excluding carboxylic acids is 2. The van der Waals surface area contributed by atoms with E-state index in [0.29, 0.717) is 24.4 Å². The Kier molecular flexibility index (Phi) is 8.91. The second kappa shape index (κ2) is 12.1. The topological polar surface area (TPSA) is 76.7 Å². The first-order valence-electron chi connectivity index (χ1n) is 10.3. The van der Waals surface area contributed by atoms with Crippen molar-refractivity contribution in [1.29, 1.82) is 0 Å². The zero-order chi connectivity index (χ0) is 22.8. The van der Waals surface area contributed by atoms with E-state index in [-0.39, 0.29) is 24.8 Å². The van der Waals surface area contributed by atoms with Crippen LogP contribution in [-0.2, 0) is 16.1 Å². The standard InChI is InChI=1S/C25H25IN2O4/c1-2-31-24(29)13-14-27-25(30)22-16-19(26)11-12-23(22)28-17-18-7-6-10-21(15-18)32-20-8-4-3-5-9-20/h3-12,15-16,28H,2,13-14,17H2,1H3,(H,27,30). The SMILES string of the molecule is CCOC(=O)CCNC(=O)c1cc(I)ccc1NCc1cccc(Oc2ccccc2)c1. The second-order valence-corrected chi connectivity index (χ2v) is 8.16. The van der Waals surface area contributed by atoms with Crippen molar-refractivity contribution in [3.63, 3.8) is 0 Å². The van der Waals surface area contributed by atoms with Crippen LogP contribution in [-0.4, -0.2) is 25.0 Å². The maximum Gasteiger partial charge on any atom is 0.307 e. The average molecular weight is 544 g/mol. The van der Waals surface area contributed by atoms with E-state index in [2.05, 4.69) is 33.2 Å². The molecule has 1 amide bonds. The number of hydrogen-bond donors (Lipinski definition) is 2. The monoisotopic (exact) mass is 544 g/mol. The van der Waals surface area contributed by atoms with Gasteiger partial charge in [0.05, 0.1) is 18.6 Å². The molecule has 0 fully saturated rings. The fourth-order valence-electron chi connectivity index (χ4n) is 3.01. The molecule has 0 unspecified atom stereocenters. The van der Waals surface area contributed by atoms with Crippen LogP contribution < -0.4 is 15.4 Å². The Labute approximate surface area is 201 Å². The van der Waals surface area contributed by atoms with E-state index in [1.807, 2.05) is 72.8 Å². The summed E-state index contributed by atoms with van der Waals surface area (Å²) in [6.07, 6.45) is 0.139. The minimum atomic E-state index is -0.327. The molecule has 0 aliphatic rings. The lowest BCUT2D eigenvalue weighted by Crippen LogP contribution is -2.27. The van der Waals surface area contributed by atoms with Gasteiger partial charge in [0.25, 0.3) is 5.91 Å². The van der Waals surface area contributed by atoms with Crippen LogP contribution in [0.2, 0.25) is 0 Å². The maximum atomic E-state index is 12.7. The molecule has 3 aromatic rings. The fraction of sp³-hybridized carbons (Fsp3) is 0.200. The molecule has 7 heteroatoms. The van der Waals surface area contributed by atoms with Crippen LogP contribution in [0.1, 0.15) is 29.3 Å². The molecular formula is C25H25IN2O4. The van der Waals surface area contributed by atoms with Crippen molar-refractivity contribution in [2.45, 2.75) is 19.9 Å². The number of para-hydroxylation sites is 1. The smallest absolute Gasteiger partial charge is 0.307 e. The Morgan fingerprint density at radius 2 is 1.72 bits per heavy atom. The number of hydrogen-bond acceptors (Lipinski definition) is 5. The van der Waals surface area contributed by atoms with Crippen molar-refractivity contribution in [3.8, 4) is 11.5 Å². The van der Waals surface area contributed by atoms with E-state index in [9.17, 15) is 9.59 Å². The predicted octanol–water partition coefficient (Wildman–Crippen LogP) is 5.38. The molecular weight excluding hydrogens is 519 g/mol. The lowest BCUT2D eigenvalue weighted by molar-refractivity contribution is -0.142. The molecule has 0 atom stereocenters. The van der Waals surface area contributed by atoms with E-state index in [1.54, 1.807) is 6.92 Å². The van der Waals surface area contributed by atoms with Gasteiger partial charge in [0.15, 0.2) is 0 Å². The first-order valence-corrected chi connectivity index (χ1v) is 11.4. The van der Waals surface area contributed by atoms with Gasteiger partial charge in [0.2, 0.25) is 0 Å². The molecule has 32 heavy (non-hydrogen) atoms. The van der Waals surface area contributed by atoms with Crippen molar-refractivity contribution < 1.29 is 19.1 Å². The quantitative estimate of drug-likeness (QED) is 0.265. The third-order valence-corrected chi connectivity index (χ3v) is 5.18. The molecule has 0 spiro atoms. The van der Waals surface area contributed by atoms with Crippen LogP contribution in [0.5, 0.6) is 11.5 Å². The number of anilines is 1. The van der Waals surface area contributed by atoms with E-state index >= 15 is 0 Å². The highest BCUT2D eigenvalue weighted by Crippen LogP contribution is 2.23. The number of rotatable bonds is 10. The highest BCUT2D eigenvalue weighted by Gasteiger charge is 2.13. The third-order valence-electron chi connectivity index (χ3n) is 4.51. The number of benzene rings is 3. The van der Waals surface area contributed by atoms with Gasteiger partial charge in [0, 0.05) is 22.3 Å². The Morgan fingerprint density at radius 1 is 0.938 bits per heavy atom. The van der Waals surface area contributed by atoms with Gasteiger partial charge in [-0.3, -0.25) is 9.59 Å². The molecule has 2 N–H and O–H groups in total. The molecule has 0 aliphatic carbocycles. The number of ether oxygens (including phenoxy) is 2. The van der Waals surface area contributed by atoms with Crippen LogP contribution in [0.4, 0.5) is 5.69 Å². The predicted molar refractivity (Wildman–Crippen MR) is 133 cm³/mol. The Morgan fingerprint density at radius 3 is 2.50 bits per heavy atom. The Bertz CT molecular complexity index is 1060. The van der Waals surface area contributed by atoms with Crippen LogP contribution in [0.3, 0.4) is 0 Å². The zero-order valence-electron chi connectivity index (χ0n) is 17.8. The summed E-state index contributed by atoms with van der Waals surface area (Å²) in [6.45, 7) is 2.83. The number of halogens is 1. The summed E-state index contributed by atoms with van der Waals surface area (Å²) in [7, 11) is 0. The Balaban J connectivity index is 1.63. The summed E-state index contributed by atoms with van der Waals surface area (Å²) >= 11 is 2.17. The van der Waals surface area contributed by atoms with Gasteiger partial charge in [-0.15, -0.1) is 0 Å². The number of carbonyl (C=O) groups is 2. The van der Waals surface area contributed by atoms with Crippen molar-refractivity contribution in [2.75, 3.05) is 18.5 Å². The average Bonchev–Trinajstić information content (AvgIpc) is 2.79. The summed E-state index contributed by atoms with van der Waals surface area (Å²) in [6, 6.07) is 23.1. The summed E-state index contributed by atoms with van der Waals surface area (Å²) < 4.78 is 11.7. The van der Waals surface area contributed by atoms with Gasteiger partial charge in [-0.25, -0.2) is 0 Å². The molecule has 0 heterocycles. The first-order chi connectivity index (χ1) is 15.5. The molecule has 3 rings (SSSR count). The lowest BCUT2D eigenvalue weighted by atomic mass is 10.1. The lowest BCUT2D eigenvalue weighted by Gasteiger charge is -2.14. The van der Waals surface area contributed by atoms with Gasteiger partial charge >= 0.3 is 5.97 Å². The highest BCUT2D eigenvalue weighted by molar-refractivity contribution is 14.1. The van der Waals surface area contributed by atoms with E-state index < -0.39 is 0 Å². The molecule has 0 radical (unpaired) electrons. The molecule has 0 saturated heterocycles. The Hall–Kier alpha value is -3.07. The minimum absolute atomic E-state index is 0.139. The van der Waals surface area contributed by atoms with Crippen LogP contribution >= 0.6 is 22.6 Å². The summed E-state index contributed by atoms with van der Waals surface area (Å²) in [4.78, 5) is 24.2. The van der Waals surface area contributed by atoms with Crippen molar-refractivity contribution in [2.24, 2.45) is 0 Å². The van der Waals surface area contributed by atoms with Crippen LogP contribution in [0.25, 0.3) is 0 Å². The molecule has 0 saturated carbocycles. The number of esters is 1. The van der Waals surface area contributed by atoms with E-state index in [1.165, 1.54) is 0 Å². The highest BCUT2D eigenvalue weighted by atomic mass is 127. The molecule has 0 bridgehead atoms. The van der Waals surface area contributed by atoms with Crippen molar-refractivity contribution in [3.05, 3.63) is 87.5 Å². The minimum Gasteiger partial charge on any atom is -0.466 e. The summed E-state index contributed by atoms with van der Waals surface area (Å²) in [5.41, 5.74) is 2.26. The van der Waals surface area contributed by atoms with Crippen LogP contribution in [0, 0.1) is 3.57 Å². The van der Waals surface area contributed by atoms with Gasteiger partial charge in [-0.1, -0.05) is 30.3 Å². The van der Waals surface area contributed by atoms with Gasteiger partial charge in [0.1, 0.15) is 11.5 Å². The molecule has 0 aliphatic heterocycles. The zero-order valence-corrected chi connectivity index (χ0v) is 19.9. The van der Waals surface area contributed by atoms with Crippen LogP contribution in [0.15, 0.2) is 72.8 Å². The van der Waals surface area contributed by atoms with Gasteiger partial charge in [-0.05, 0) is 77.5 Å². The van der Waals surface area contributed by atoms with Crippen molar-refractivity contribution >= 4 is 40.2 Å². The normalized spacial score (nSPS) is 10.3. The van der Waals surface area contributed by atoms with Gasteiger partial charge in [-0.2, -0.15) is 0 Å². The molecule has 166 valence electrons. The summed E-state index contributed by atoms with van der Waals surface area (Å²) in [5, 5.41) is 6.12. The largest absolute Gasteiger partial charge is 0.466 e. The second-order valence-electron chi connectivity index (χ2n) is 6.92. The molecule has 3 aromatic carbocycles. The number of nitrogens with one attached hydrogen (secondary N) is 2. The van der Waals surface area contributed by atoms with E-state index in [4.69, 9.17) is 9.47 Å². The molecule has 0 aromatic heterocycles. The number of amides is 1. The first kappa shape index (κ1) is 23.6. The summed E-state index contributed by atoms with van der Waals surface area (Å²) in [5.74, 6) is 0.954. The van der Waals surface area contributed by atoms with Crippen molar-refractivity contribution in [1.82, 2.24) is 5.32 Å². The molecule has 6 nitrogen and oxygen atoms in total. The van der Waals surface area contributed by atoms with E-state index in [0.717, 1.165) is 20.6 Å². The fourth-order valence-corrected chi connectivity index (χ4v) is 3.50. The maximum absolute atomic E-state index is 12.7.